The lowest BCUT2D eigenvalue weighted by atomic mass is 10.2. The first-order valence-electron chi connectivity index (χ1n) is 5.71. The molecule has 1 rings (SSSR count). The van der Waals surface area contributed by atoms with Gasteiger partial charge >= 0.3 is 5.97 Å². The van der Waals surface area contributed by atoms with Gasteiger partial charge in [-0.1, -0.05) is 18.7 Å². The van der Waals surface area contributed by atoms with Crippen LogP contribution < -0.4 is 4.74 Å². The number of hydrogen-bond acceptors (Lipinski definition) is 3. The highest BCUT2D eigenvalue weighted by Crippen LogP contribution is 2.12. The highest BCUT2D eigenvalue weighted by molar-refractivity contribution is 5.81. The van der Waals surface area contributed by atoms with Crippen LogP contribution in [-0.2, 0) is 9.53 Å². The zero-order valence-corrected chi connectivity index (χ0v) is 10.1. The molecule has 92 valence electrons. The van der Waals surface area contributed by atoms with Crippen molar-refractivity contribution in [1.82, 2.24) is 0 Å². The van der Waals surface area contributed by atoms with E-state index in [0.29, 0.717) is 13.2 Å². The topological polar surface area (TPSA) is 35.5 Å². The molecule has 0 heterocycles. The van der Waals surface area contributed by atoms with Gasteiger partial charge in [0, 0.05) is 6.08 Å². The first-order valence-corrected chi connectivity index (χ1v) is 5.71. The molecule has 0 amide bonds. The number of benzene rings is 1. The van der Waals surface area contributed by atoms with Crippen molar-refractivity contribution in [2.45, 2.75) is 19.8 Å². The maximum atomic E-state index is 10.7. The Morgan fingerprint density at radius 3 is 2.82 bits per heavy atom. The summed E-state index contributed by atoms with van der Waals surface area (Å²) in [5, 5.41) is 0. The SMILES string of the molecule is C=CC(=O)OCCCCOc1cccc(C)c1. The average Bonchev–Trinajstić information content (AvgIpc) is 2.33. The zero-order chi connectivity index (χ0) is 12.5. The van der Waals surface area contributed by atoms with Crippen molar-refractivity contribution in [3.8, 4) is 5.75 Å². The normalized spacial score (nSPS) is 9.71. The summed E-state index contributed by atoms with van der Waals surface area (Å²) in [5.74, 6) is 0.512. The maximum absolute atomic E-state index is 10.7. The first-order chi connectivity index (χ1) is 8.22. The van der Waals surface area contributed by atoms with Gasteiger partial charge < -0.3 is 9.47 Å². The van der Waals surface area contributed by atoms with Crippen LogP contribution in [0.4, 0.5) is 0 Å². The van der Waals surface area contributed by atoms with Gasteiger partial charge in [-0.3, -0.25) is 0 Å². The van der Waals surface area contributed by atoms with Crippen LogP contribution in [-0.4, -0.2) is 19.2 Å². The summed E-state index contributed by atoms with van der Waals surface area (Å²) in [6.07, 6.45) is 2.83. The van der Waals surface area contributed by atoms with E-state index in [1.807, 2.05) is 31.2 Å². The molecular formula is C14H18O3. The summed E-state index contributed by atoms with van der Waals surface area (Å²) in [7, 11) is 0. The van der Waals surface area contributed by atoms with E-state index < -0.39 is 0 Å². The highest BCUT2D eigenvalue weighted by atomic mass is 16.5. The molecule has 3 heteroatoms. The first kappa shape index (κ1) is 13.3. The number of carbonyl (C=O) groups excluding carboxylic acids is 1. The van der Waals surface area contributed by atoms with Crippen LogP contribution in [0.3, 0.4) is 0 Å². The number of hydrogen-bond donors (Lipinski definition) is 0. The fraction of sp³-hybridized carbons (Fsp3) is 0.357. The van der Waals surface area contributed by atoms with Gasteiger partial charge in [-0.05, 0) is 37.5 Å². The second kappa shape index (κ2) is 7.49. The molecular weight excluding hydrogens is 216 g/mol. The monoisotopic (exact) mass is 234 g/mol. The van der Waals surface area contributed by atoms with Crippen molar-refractivity contribution < 1.29 is 14.3 Å². The molecule has 0 atom stereocenters. The Labute approximate surface area is 102 Å². The van der Waals surface area contributed by atoms with E-state index in [9.17, 15) is 4.79 Å². The fourth-order valence-electron chi connectivity index (χ4n) is 1.33. The van der Waals surface area contributed by atoms with Crippen LogP contribution in [0.1, 0.15) is 18.4 Å². The van der Waals surface area contributed by atoms with Crippen LogP contribution in [0.15, 0.2) is 36.9 Å². The molecule has 0 aliphatic carbocycles. The number of carbonyl (C=O) groups is 1. The quantitative estimate of drug-likeness (QED) is 0.413. The van der Waals surface area contributed by atoms with E-state index >= 15 is 0 Å². The number of aryl methyl sites for hydroxylation is 1. The standard InChI is InChI=1S/C14H18O3/c1-3-14(15)17-10-5-4-9-16-13-8-6-7-12(2)11-13/h3,6-8,11H,1,4-5,9-10H2,2H3. The Hall–Kier alpha value is -1.77. The lowest BCUT2D eigenvalue weighted by Gasteiger charge is -2.06. The van der Waals surface area contributed by atoms with Crippen molar-refractivity contribution in [2.75, 3.05) is 13.2 Å². The minimum absolute atomic E-state index is 0.371. The van der Waals surface area contributed by atoms with E-state index in [2.05, 4.69) is 6.58 Å². The predicted octanol–water partition coefficient (Wildman–Crippen LogP) is 2.88. The summed E-state index contributed by atoms with van der Waals surface area (Å²) in [6, 6.07) is 7.93. The fourth-order valence-corrected chi connectivity index (χ4v) is 1.33. The molecule has 0 N–H and O–H groups in total. The largest absolute Gasteiger partial charge is 0.494 e. The molecule has 1 aromatic carbocycles. The molecule has 0 aromatic heterocycles. The lowest BCUT2D eigenvalue weighted by molar-refractivity contribution is -0.137. The van der Waals surface area contributed by atoms with Gasteiger partial charge in [0.15, 0.2) is 0 Å². The third-order valence-electron chi connectivity index (χ3n) is 2.21. The summed E-state index contributed by atoms with van der Waals surface area (Å²) >= 11 is 0. The molecule has 1 aromatic rings. The number of esters is 1. The van der Waals surface area contributed by atoms with Gasteiger partial charge in [-0.15, -0.1) is 0 Å². The molecule has 0 aliphatic rings. The summed E-state index contributed by atoms with van der Waals surface area (Å²) in [4.78, 5) is 10.7. The van der Waals surface area contributed by atoms with Crippen molar-refractivity contribution in [2.24, 2.45) is 0 Å². The molecule has 0 radical (unpaired) electrons. The second-order valence-electron chi connectivity index (χ2n) is 3.74. The Morgan fingerprint density at radius 1 is 1.35 bits per heavy atom. The van der Waals surface area contributed by atoms with Crippen LogP contribution in [0, 0.1) is 6.92 Å². The van der Waals surface area contributed by atoms with Gasteiger partial charge in [0.05, 0.1) is 13.2 Å². The van der Waals surface area contributed by atoms with E-state index in [-0.39, 0.29) is 5.97 Å². The van der Waals surface area contributed by atoms with E-state index in [1.165, 1.54) is 11.6 Å². The highest BCUT2D eigenvalue weighted by Gasteiger charge is 1.96. The smallest absolute Gasteiger partial charge is 0.330 e. The van der Waals surface area contributed by atoms with Crippen LogP contribution in [0.25, 0.3) is 0 Å². The molecule has 17 heavy (non-hydrogen) atoms. The van der Waals surface area contributed by atoms with Crippen molar-refractivity contribution in [3.63, 3.8) is 0 Å². The van der Waals surface area contributed by atoms with Gasteiger partial charge in [0.1, 0.15) is 5.75 Å². The summed E-state index contributed by atoms with van der Waals surface area (Å²) < 4.78 is 10.4. The number of rotatable bonds is 7. The number of ether oxygens (including phenoxy) is 2. The third-order valence-corrected chi connectivity index (χ3v) is 2.21. The second-order valence-corrected chi connectivity index (χ2v) is 3.74. The molecule has 0 unspecified atom stereocenters. The van der Waals surface area contributed by atoms with Crippen molar-refractivity contribution >= 4 is 5.97 Å². The van der Waals surface area contributed by atoms with Crippen molar-refractivity contribution in [1.29, 1.82) is 0 Å². The minimum atomic E-state index is -0.371. The molecule has 0 spiro atoms. The predicted molar refractivity (Wildman–Crippen MR) is 67.1 cm³/mol. The Balaban J connectivity index is 2.08. The van der Waals surface area contributed by atoms with Gasteiger partial charge in [-0.25, -0.2) is 4.79 Å². The zero-order valence-electron chi connectivity index (χ0n) is 10.1. The molecule has 0 bridgehead atoms. The van der Waals surface area contributed by atoms with Crippen LogP contribution >= 0.6 is 0 Å². The van der Waals surface area contributed by atoms with E-state index in [0.717, 1.165) is 18.6 Å². The van der Waals surface area contributed by atoms with Gasteiger partial charge in [0.25, 0.3) is 0 Å². The Kier molecular flexibility index (Phi) is 5.86. The van der Waals surface area contributed by atoms with E-state index in [1.54, 1.807) is 0 Å². The molecule has 0 saturated heterocycles. The number of unbranched alkanes of at least 4 members (excludes halogenated alkanes) is 1. The Bertz CT molecular complexity index is 371. The molecule has 0 aliphatic heterocycles. The Morgan fingerprint density at radius 2 is 2.12 bits per heavy atom. The summed E-state index contributed by atoms with van der Waals surface area (Å²) in [6.45, 7) is 6.41. The van der Waals surface area contributed by atoms with Gasteiger partial charge in [-0.2, -0.15) is 0 Å². The minimum Gasteiger partial charge on any atom is -0.494 e. The van der Waals surface area contributed by atoms with Crippen LogP contribution in [0.5, 0.6) is 5.75 Å². The molecule has 0 fully saturated rings. The van der Waals surface area contributed by atoms with Crippen molar-refractivity contribution in [3.05, 3.63) is 42.5 Å². The van der Waals surface area contributed by atoms with Gasteiger partial charge in [0.2, 0.25) is 0 Å². The molecule has 3 nitrogen and oxygen atoms in total. The maximum Gasteiger partial charge on any atom is 0.330 e. The van der Waals surface area contributed by atoms with Crippen LogP contribution in [0.2, 0.25) is 0 Å². The third kappa shape index (κ3) is 5.76. The van der Waals surface area contributed by atoms with E-state index in [4.69, 9.17) is 9.47 Å². The average molecular weight is 234 g/mol. The molecule has 0 saturated carbocycles. The summed E-state index contributed by atoms with van der Waals surface area (Å²) in [5.41, 5.74) is 1.18. The lowest BCUT2D eigenvalue weighted by Crippen LogP contribution is -2.04.